The molecule has 0 bridgehead atoms. The van der Waals surface area contributed by atoms with E-state index in [1.807, 2.05) is 0 Å². The zero-order valence-electron chi connectivity index (χ0n) is 6.86. The summed E-state index contributed by atoms with van der Waals surface area (Å²) < 4.78 is 4.38. The average Bonchev–Trinajstić information content (AvgIpc) is 2.36. The molecule has 0 saturated carbocycles. The maximum Gasteiger partial charge on any atom is 0.417 e. The minimum Gasteiger partial charge on any atom is -0.456 e. The summed E-state index contributed by atoms with van der Waals surface area (Å²) in [5.74, 6) is -0.316. The van der Waals surface area contributed by atoms with Crippen molar-refractivity contribution in [3.63, 3.8) is 0 Å². The van der Waals surface area contributed by atoms with Crippen LogP contribution in [0.25, 0.3) is 0 Å². The molecule has 0 aromatic heterocycles. The van der Waals surface area contributed by atoms with Crippen molar-refractivity contribution in [2.75, 3.05) is 13.2 Å². The SMILES string of the molecule is O=[C]OCC1CN2C(=O)CC2C1=O. The van der Waals surface area contributed by atoms with Gasteiger partial charge in [0.25, 0.3) is 0 Å². The van der Waals surface area contributed by atoms with Gasteiger partial charge in [-0.1, -0.05) is 0 Å². The first-order valence-corrected chi connectivity index (χ1v) is 4.06. The molecule has 5 nitrogen and oxygen atoms in total. The molecule has 0 aromatic rings. The number of fused-ring (bicyclic) bond motifs is 1. The van der Waals surface area contributed by atoms with Gasteiger partial charge in [0.1, 0.15) is 6.61 Å². The lowest BCUT2D eigenvalue weighted by Crippen LogP contribution is -2.50. The fourth-order valence-electron chi connectivity index (χ4n) is 1.81. The molecule has 0 spiro atoms. The van der Waals surface area contributed by atoms with Gasteiger partial charge in [0.15, 0.2) is 5.78 Å². The van der Waals surface area contributed by atoms with E-state index < -0.39 is 0 Å². The summed E-state index contributed by atoms with van der Waals surface area (Å²) in [5.41, 5.74) is 0. The largest absolute Gasteiger partial charge is 0.456 e. The van der Waals surface area contributed by atoms with Crippen LogP contribution in [0.3, 0.4) is 0 Å². The second-order valence-corrected chi connectivity index (χ2v) is 3.26. The molecule has 1 radical (unpaired) electrons. The van der Waals surface area contributed by atoms with Crippen LogP contribution in [-0.4, -0.2) is 42.3 Å². The van der Waals surface area contributed by atoms with Gasteiger partial charge in [-0.25, -0.2) is 4.79 Å². The van der Waals surface area contributed by atoms with Gasteiger partial charge >= 0.3 is 6.47 Å². The molecule has 2 atom stereocenters. The number of carbonyl (C=O) groups is 2. The van der Waals surface area contributed by atoms with Gasteiger partial charge in [0, 0.05) is 6.54 Å². The Morgan fingerprint density at radius 1 is 1.54 bits per heavy atom. The molecule has 2 saturated heterocycles. The van der Waals surface area contributed by atoms with Gasteiger partial charge in [-0.05, 0) is 0 Å². The van der Waals surface area contributed by atoms with Crippen molar-refractivity contribution >= 4 is 18.2 Å². The lowest BCUT2D eigenvalue weighted by Gasteiger charge is -2.32. The number of hydrogen-bond acceptors (Lipinski definition) is 4. The number of amides is 1. The van der Waals surface area contributed by atoms with Gasteiger partial charge in [0.05, 0.1) is 18.4 Å². The van der Waals surface area contributed by atoms with E-state index in [-0.39, 0.29) is 30.3 Å². The molecule has 2 heterocycles. The summed E-state index contributed by atoms with van der Waals surface area (Å²) in [7, 11) is 0. The lowest BCUT2D eigenvalue weighted by atomic mass is 9.99. The van der Waals surface area contributed by atoms with Gasteiger partial charge in [-0.15, -0.1) is 0 Å². The van der Waals surface area contributed by atoms with Crippen molar-refractivity contribution in [1.82, 2.24) is 4.90 Å². The first-order valence-electron chi connectivity index (χ1n) is 4.06. The summed E-state index contributed by atoms with van der Waals surface area (Å²) in [6, 6.07) is -0.243. The first-order chi connectivity index (χ1) is 6.24. The van der Waals surface area contributed by atoms with Crippen molar-refractivity contribution in [3.05, 3.63) is 0 Å². The van der Waals surface area contributed by atoms with E-state index in [2.05, 4.69) is 4.74 Å². The number of ketones is 1. The second-order valence-electron chi connectivity index (χ2n) is 3.26. The van der Waals surface area contributed by atoms with Crippen LogP contribution in [0.2, 0.25) is 0 Å². The monoisotopic (exact) mass is 182 g/mol. The molecule has 5 heteroatoms. The number of nitrogens with zero attached hydrogens (tertiary/aromatic N) is 1. The summed E-state index contributed by atoms with van der Waals surface area (Å²) in [6.07, 6.45) is 0.320. The minimum atomic E-state index is -0.335. The normalized spacial score (nSPS) is 31.2. The Labute approximate surface area is 74.6 Å². The Balaban J connectivity index is 1.97. The maximum absolute atomic E-state index is 11.4. The highest BCUT2D eigenvalue weighted by Crippen LogP contribution is 2.30. The summed E-state index contributed by atoms with van der Waals surface area (Å²) in [5, 5.41) is 0. The van der Waals surface area contributed by atoms with Crippen molar-refractivity contribution < 1.29 is 19.1 Å². The highest BCUT2D eigenvalue weighted by molar-refractivity contribution is 6.02. The summed E-state index contributed by atoms with van der Waals surface area (Å²) in [4.78, 5) is 33.6. The van der Waals surface area contributed by atoms with Crippen LogP contribution in [0.1, 0.15) is 6.42 Å². The standard InChI is InChI=1S/C8H8NO4/c10-4-13-3-5-2-9-6(8(5)12)1-7(9)11/h5-6H,1-3H2. The van der Waals surface area contributed by atoms with Crippen LogP contribution in [0.15, 0.2) is 0 Å². The molecule has 2 rings (SSSR count). The van der Waals surface area contributed by atoms with Gasteiger partial charge in [-0.3, -0.25) is 9.59 Å². The number of hydrogen-bond donors (Lipinski definition) is 0. The van der Waals surface area contributed by atoms with Crippen LogP contribution >= 0.6 is 0 Å². The van der Waals surface area contributed by atoms with Crippen LogP contribution in [0, 0.1) is 5.92 Å². The van der Waals surface area contributed by atoms with Gasteiger partial charge in [-0.2, -0.15) is 0 Å². The molecule has 13 heavy (non-hydrogen) atoms. The smallest absolute Gasteiger partial charge is 0.417 e. The molecule has 69 valence electrons. The Hall–Kier alpha value is -1.39. The van der Waals surface area contributed by atoms with Crippen LogP contribution < -0.4 is 0 Å². The van der Waals surface area contributed by atoms with E-state index in [0.717, 1.165) is 0 Å². The Kier molecular flexibility index (Phi) is 1.79. The fraction of sp³-hybridized carbons (Fsp3) is 0.625. The number of β-lactam (4-membered cyclic amide) rings is 1. The Bertz CT molecular complexity index is 275. The van der Waals surface area contributed by atoms with Gasteiger partial charge in [0.2, 0.25) is 5.91 Å². The summed E-state index contributed by atoms with van der Waals surface area (Å²) in [6.45, 7) is 1.71. The fourth-order valence-corrected chi connectivity index (χ4v) is 1.81. The third-order valence-corrected chi connectivity index (χ3v) is 2.56. The summed E-state index contributed by atoms with van der Waals surface area (Å²) >= 11 is 0. The molecule has 2 aliphatic rings. The highest BCUT2D eigenvalue weighted by Gasteiger charge is 2.50. The molecule has 0 aromatic carbocycles. The van der Waals surface area contributed by atoms with E-state index in [1.165, 1.54) is 11.4 Å². The molecule has 1 amide bonds. The first kappa shape index (κ1) is 8.22. The number of carbonyl (C=O) groups excluding carboxylic acids is 3. The second kappa shape index (κ2) is 2.83. The average molecular weight is 182 g/mol. The highest BCUT2D eigenvalue weighted by atomic mass is 16.5. The van der Waals surface area contributed by atoms with E-state index in [1.54, 1.807) is 0 Å². The molecule has 2 unspecified atom stereocenters. The van der Waals surface area contributed by atoms with Crippen LogP contribution in [-0.2, 0) is 19.1 Å². The predicted octanol–water partition coefficient (Wildman–Crippen LogP) is -1.13. The van der Waals surface area contributed by atoms with Crippen molar-refractivity contribution in [3.8, 4) is 0 Å². The third kappa shape index (κ3) is 1.11. The Morgan fingerprint density at radius 3 is 2.85 bits per heavy atom. The van der Waals surface area contributed by atoms with E-state index in [9.17, 15) is 14.4 Å². The van der Waals surface area contributed by atoms with Crippen molar-refractivity contribution in [2.24, 2.45) is 5.92 Å². The lowest BCUT2D eigenvalue weighted by molar-refractivity contribution is -0.146. The molecule has 0 aliphatic carbocycles. The minimum absolute atomic E-state index is 0.00912. The van der Waals surface area contributed by atoms with Crippen LogP contribution in [0.5, 0.6) is 0 Å². The molecule has 0 N–H and O–H groups in total. The number of rotatable bonds is 3. The van der Waals surface area contributed by atoms with E-state index in [4.69, 9.17) is 0 Å². The van der Waals surface area contributed by atoms with Crippen LogP contribution in [0.4, 0.5) is 0 Å². The molecule has 2 aliphatic heterocycles. The third-order valence-electron chi connectivity index (χ3n) is 2.56. The van der Waals surface area contributed by atoms with Crippen molar-refractivity contribution in [2.45, 2.75) is 12.5 Å². The zero-order chi connectivity index (χ0) is 9.42. The molecule has 2 fully saturated rings. The molecular weight excluding hydrogens is 174 g/mol. The van der Waals surface area contributed by atoms with E-state index >= 15 is 0 Å². The number of Topliss-reactive ketones (excluding diaryl/α,β-unsaturated/α-hetero) is 1. The Morgan fingerprint density at radius 2 is 2.31 bits per heavy atom. The predicted molar refractivity (Wildman–Crippen MR) is 40.3 cm³/mol. The molecular formula is C8H8NO4. The van der Waals surface area contributed by atoms with E-state index in [0.29, 0.717) is 13.0 Å². The topological polar surface area (TPSA) is 63.7 Å². The number of ether oxygens (including phenoxy) is 1. The van der Waals surface area contributed by atoms with Crippen molar-refractivity contribution in [1.29, 1.82) is 0 Å². The maximum atomic E-state index is 11.4. The zero-order valence-corrected chi connectivity index (χ0v) is 6.86. The van der Waals surface area contributed by atoms with Gasteiger partial charge < -0.3 is 9.64 Å². The quantitative estimate of drug-likeness (QED) is 0.518.